The number of rotatable bonds is 5. The van der Waals surface area contributed by atoms with Gasteiger partial charge in [-0.1, -0.05) is 126 Å². The van der Waals surface area contributed by atoms with Crippen molar-refractivity contribution < 1.29 is 0 Å². The molecule has 0 fully saturated rings. The van der Waals surface area contributed by atoms with E-state index in [2.05, 4.69) is 147 Å². The lowest BCUT2D eigenvalue weighted by molar-refractivity contribution is 0.591. The van der Waals surface area contributed by atoms with Crippen LogP contribution in [0.2, 0.25) is 0 Å². The summed E-state index contributed by atoms with van der Waals surface area (Å²) in [5.41, 5.74) is 11.4. The van der Waals surface area contributed by atoms with E-state index in [1.54, 1.807) is 0 Å². The van der Waals surface area contributed by atoms with Gasteiger partial charge >= 0.3 is 0 Å². The number of aromatic nitrogens is 5. The monoisotopic (exact) mass is 801 g/mol. The van der Waals surface area contributed by atoms with Crippen molar-refractivity contribution in [3.63, 3.8) is 0 Å². The summed E-state index contributed by atoms with van der Waals surface area (Å²) in [6, 6.07) is 54.1. The van der Waals surface area contributed by atoms with Gasteiger partial charge in [-0.05, 0) is 88.7 Å². The fourth-order valence-electron chi connectivity index (χ4n) is 8.68. The Morgan fingerprint density at radius 1 is 0.484 bits per heavy atom. The predicted molar refractivity (Wildman–Crippen MR) is 253 cm³/mol. The molecule has 298 valence electrons. The molecule has 7 nitrogen and oxygen atoms in total. The summed E-state index contributed by atoms with van der Waals surface area (Å²) in [4.78, 5) is 19.6. The number of hydrogen-bond acceptors (Lipinski definition) is 4. The SMILES string of the molecule is [C-]#[N+]c1ccc(-n2c3ccccc3c3cc(C(C)(C)C)ccc32)c(-c2nc(-c3ccccc3)nc(-c3cc(C#N)ccc3-n3c4ccccc4c4cc(C(C)(C)C)ccc43)n2)c1. The van der Waals surface area contributed by atoms with E-state index in [1.807, 2.05) is 66.7 Å². The number of hydrogen-bond donors (Lipinski definition) is 0. The maximum atomic E-state index is 10.3. The molecule has 7 heteroatoms. The fraction of sp³-hybridized carbons (Fsp3) is 0.145. The standard InChI is InChI=1S/C55H43N7/c1-54(2,3)36-22-26-47-41(30-36)39-17-11-13-19-45(39)61(47)49-25-21-34(33-56)29-43(49)52-58-51(35-15-9-8-10-16-35)59-53(60-52)44-32-38(57-7)24-28-50(44)62-46-20-14-12-18-40(46)42-31-37(55(4,5)6)23-27-48(42)62/h8-32H,1-6H3. The Bertz CT molecular complexity index is 3300. The van der Waals surface area contributed by atoms with E-state index in [0.29, 0.717) is 39.9 Å². The molecule has 0 amide bonds. The highest BCUT2D eigenvalue weighted by Crippen LogP contribution is 2.41. The summed E-state index contributed by atoms with van der Waals surface area (Å²) >= 11 is 0. The van der Waals surface area contributed by atoms with Gasteiger partial charge in [0.05, 0.1) is 51.6 Å². The van der Waals surface area contributed by atoms with Gasteiger partial charge in [0, 0.05) is 38.2 Å². The van der Waals surface area contributed by atoms with E-state index < -0.39 is 0 Å². The minimum atomic E-state index is -0.0376. The van der Waals surface area contributed by atoms with Crippen LogP contribution in [0.25, 0.3) is 94.0 Å². The number of benzene rings is 7. The topological polar surface area (TPSA) is 76.7 Å². The molecular formula is C55H43N7. The zero-order chi connectivity index (χ0) is 42.9. The zero-order valence-electron chi connectivity index (χ0n) is 35.6. The smallest absolute Gasteiger partial charge is 0.188 e. The minimum absolute atomic E-state index is 0.0365. The third-order valence-corrected chi connectivity index (χ3v) is 11.9. The quantitative estimate of drug-likeness (QED) is 0.162. The van der Waals surface area contributed by atoms with Crippen LogP contribution in [0, 0.1) is 17.9 Å². The predicted octanol–water partition coefficient (Wildman–Crippen LogP) is 14.1. The molecule has 3 aromatic heterocycles. The number of nitriles is 1. The fourth-order valence-corrected chi connectivity index (χ4v) is 8.68. The number of fused-ring (bicyclic) bond motifs is 6. The van der Waals surface area contributed by atoms with Crippen molar-refractivity contribution in [1.29, 1.82) is 5.26 Å². The van der Waals surface area contributed by atoms with Gasteiger partial charge in [-0.3, -0.25) is 0 Å². The first-order valence-electron chi connectivity index (χ1n) is 20.9. The van der Waals surface area contributed by atoms with E-state index in [1.165, 1.54) is 11.1 Å². The van der Waals surface area contributed by atoms with Crippen molar-refractivity contribution >= 4 is 49.3 Å². The van der Waals surface area contributed by atoms with Crippen molar-refractivity contribution in [3.05, 3.63) is 180 Å². The largest absolute Gasteiger partial charge is 0.309 e. The van der Waals surface area contributed by atoms with Crippen LogP contribution in [0.5, 0.6) is 0 Å². The molecule has 0 radical (unpaired) electrons. The van der Waals surface area contributed by atoms with Gasteiger partial charge in [0.2, 0.25) is 0 Å². The lowest BCUT2D eigenvalue weighted by atomic mass is 9.86. The third kappa shape index (κ3) is 6.38. The second kappa shape index (κ2) is 14.4. The average Bonchev–Trinajstić information content (AvgIpc) is 3.80. The van der Waals surface area contributed by atoms with E-state index in [-0.39, 0.29) is 10.8 Å². The molecular weight excluding hydrogens is 759 g/mol. The Balaban J connectivity index is 1.27. The molecule has 0 aliphatic rings. The van der Waals surface area contributed by atoms with Crippen LogP contribution in [-0.4, -0.2) is 24.1 Å². The highest BCUT2D eigenvalue weighted by Gasteiger charge is 2.25. The van der Waals surface area contributed by atoms with Gasteiger partial charge in [-0.2, -0.15) is 5.26 Å². The summed E-state index contributed by atoms with van der Waals surface area (Å²) in [5, 5.41) is 14.9. The second-order valence-corrected chi connectivity index (χ2v) is 18.0. The molecule has 0 saturated carbocycles. The summed E-state index contributed by atoms with van der Waals surface area (Å²) in [6.45, 7) is 21.5. The molecule has 0 saturated heterocycles. The molecule has 0 spiro atoms. The van der Waals surface area contributed by atoms with Gasteiger partial charge in [-0.25, -0.2) is 19.8 Å². The lowest BCUT2D eigenvalue weighted by Gasteiger charge is -2.20. The van der Waals surface area contributed by atoms with Crippen molar-refractivity contribution in [2.24, 2.45) is 0 Å². The van der Waals surface area contributed by atoms with Gasteiger partial charge in [0.15, 0.2) is 23.2 Å². The first-order valence-corrected chi connectivity index (χ1v) is 20.9. The van der Waals surface area contributed by atoms with E-state index >= 15 is 0 Å². The molecule has 0 aliphatic heterocycles. The van der Waals surface area contributed by atoms with Crippen molar-refractivity contribution in [2.45, 2.75) is 52.4 Å². The molecule has 7 aromatic carbocycles. The first-order chi connectivity index (χ1) is 29.9. The molecule has 3 heterocycles. The summed E-state index contributed by atoms with van der Waals surface area (Å²) in [6.07, 6.45) is 0. The Kier molecular flexibility index (Phi) is 8.91. The maximum Gasteiger partial charge on any atom is 0.188 e. The van der Waals surface area contributed by atoms with Crippen LogP contribution < -0.4 is 0 Å². The van der Waals surface area contributed by atoms with E-state index in [9.17, 15) is 5.26 Å². The number of para-hydroxylation sites is 2. The molecule has 0 aliphatic carbocycles. The van der Waals surface area contributed by atoms with Gasteiger partial charge < -0.3 is 9.13 Å². The van der Waals surface area contributed by atoms with Crippen molar-refractivity contribution in [2.75, 3.05) is 0 Å². The number of nitrogens with zero attached hydrogens (tertiary/aromatic N) is 7. The van der Waals surface area contributed by atoms with Crippen molar-refractivity contribution in [3.8, 4) is 51.6 Å². The van der Waals surface area contributed by atoms with Gasteiger partial charge in [0.25, 0.3) is 0 Å². The Hall–Kier alpha value is -7.87. The molecule has 0 N–H and O–H groups in total. The maximum absolute atomic E-state index is 10.3. The Morgan fingerprint density at radius 2 is 0.952 bits per heavy atom. The molecule has 0 atom stereocenters. The molecule has 0 unspecified atom stereocenters. The van der Waals surface area contributed by atoms with Crippen LogP contribution in [0.15, 0.2) is 152 Å². The lowest BCUT2D eigenvalue weighted by Crippen LogP contribution is -2.10. The highest BCUT2D eigenvalue weighted by atomic mass is 15.1. The summed E-state index contributed by atoms with van der Waals surface area (Å²) in [7, 11) is 0. The van der Waals surface area contributed by atoms with Crippen molar-refractivity contribution in [1.82, 2.24) is 24.1 Å². The average molecular weight is 802 g/mol. The normalized spacial score (nSPS) is 12.0. The molecule has 10 rings (SSSR count). The van der Waals surface area contributed by atoms with E-state index in [0.717, 1.165) is 60.5 Å². The van der Waals surface area contributed by atoms with Crippen LogP contribution in [0.4, 0.5) is 5.69 Å². The van der Waals surface area contributed by atoms with Gasteiger partial charge in [0.1, 0.15) is 0 Å². The Labute approximate surface area is 361 Å². The van der Waals surface area contributed by atoms with Crippen LogP contribution in [0.1, 0.15) is 58.2 Å². The van der Waals surface area contributed by atoms with Crippen LogP contribution in [-0.2, 0) is 10.8 Å². The molecule has 0 bridgehead atoms. The van der Waals surface area contributed by atoms with Crippen LogP contribution in [0.3, 0.4) is 0 Å². The summed E-state index contributed by atoms with van der Waals surface area (Å²) in [5.74, 6) is 1.30. The third-order valence-electron chi connectivity index (χ3n) is 11.9. The summed E-state index contributed by atoms with van der Waals surface area (Å²) < 4.78 is 4.52. The zero-order valence-corrected chi connectivity index (χ0v) is 35.6. The Morgan fingerprint density at radius 3 is 1.47 bits per heavy atom. The minimum Gasteiger partial charge on any atom is -0.309 e. The second-order valence-electron chi connectivity index (χ2n) is 18.0. The molecule has 10 aromatic rings. The first kappa shape index (κ1) is 38.3. The van der Waals surface area contributed by atoms with Crippen LogP contribution >= 0.6 is 0 Å². The highest BCUT2D eigenvalue weighted by molar-refractivity contribution is 6.11. The molecule has 62 heavy (non-hydrogen) atoms. The van der Waals surface area contributed by atoms with Gasteiger partial charge in [-0.15, -0.1) is 0 Å². The van der Waals surface area contributed by atoms with E-state index in [4.69, 9.17) is 21.5 Å².